The van der Waals surface area contributed by atoms with Gasteiger partial charge in [-0.2, -0.15) is 57.1 Å². The Kier molecular flexibility index (Phi) is 6.56. The maximum atomic E-state index is 12.7. The molecular formula is C6F13LiO3S. The van der Waals surface area contributed by atoms with Gasteiger partial charge in [0.2, 0.25) is 0 Å². The molecule has 0 radical (unpaired) electrons. The van der Waals surface area contributed by atoms with E-state index in [9.17, 15) is 70.0 Å². The second-order valence-electron chi connectivity index (χ2n) is 3.77. The maximum Gasteiger partial charge on any atom is 1.00 e. The minimum Gasteiger partial charge on any atom is -0.743 e. The van der Waals surface area contributed by atoms with Crippen LogP contribution < -0.4 is 18.9 Å². The summed E-state index contributed by atoms with van der Waals surface area (Å²) in [4.78, 5) is 0. The molecule has 0 amide bonds. The Morgan fingerprint density at radius 1 is 0.542 bits per heavy atom. The SMILES string of the molecule is O=S(=O)([O-])C(F)(F)C(F)(F)C(F)(F)C(F)(F)C(F)(F)C(F)(F)F.[Li+]. The van der Waals surface area contributed by atoms with Crippen molar-refractivity contribution in [2.45, 2.75) is 35.1 Å². The van der Waals surface area contributed by atoms with E-state index in [1.807, 2.05) is 0 Å². The Morgan fingerprint density at radius 3 is 1.00 bits per heavy atom. The normalized spacial score (nSPS) is 15.9. The van der Waals surface area contributed by atoms with Crippen molar-refractivity contribution < 1.29 is 88.9 Å². The van der Waals surface area contributed by atoms with Crippen molar-refractivity contribution in [1.29, 1.82) is 0 Å². The van der Waals surface area contributed by atoms with Crippen LogP contribution in [0.3, 0.4) is 0 Å². The summed E-state index contributed by atoms with van der Waals surface area (Å²) in [6.45, 7) is 0. The van der Waals surface area contributed by atoms with Gasteiger partial charge in [0.15, 0.2) is 10.1 Å². The summed E-state index contributed by atoms with van der Waals surface area (Å²) in [5.74, 6) is -32.6. The Hall–Kier alpha value is -0.403. The third-order valence-corrected chi connectivity index (χ3v) is 3.10. The minimum atomic E-state index is -8.29. The molecule has 140 valence electrons. The molecule has 0 aliphatic carbocycles. The van der Waals surface area contributed by atoms with Gasteiger partial charge in [0.1, 0.15) is 0 Å². The average molecular weight is 406 g/mol. The zero-order chi connectivity index (χ0) is 19.5. The van der Waals surface area contributed by atoms with Crippen molar-refractivity contribution in [2.24, 2.45) is 0 Å². The Balaban J connectivity index is 0. The molecule has 0 N–H and O–H groups in total. The topological polar surface area (TPSA) is 57.2 Å². The zero-order valence-electron chi connectivity index (χ0n) is 10.5. The molecule has 3 nitrogen and oxygen atoms in total. The third kappa shape index (κ3) is 3.19. The Bertz CT molecular complexity index is 565. The van der Waals surface area contributed by atoms with Crippen LogP contribution in [0.1, 0.15) is 0 Å². The van der Waals surface area contributed by atoms with Gasteiger partial charge in [0.25, 0.3) is 0 Å². The molecule has 0 aliphatic rings. The van der Waals surface area contributed by atoms with Crippen LogP contribution >= 0.6 is 0 Å². The smallest absolute Gasteiger partial charge is 0.743 e. The monoisotopic (exact) mass is 406 g/mol. The van der Waals surface area contributed by atoms with Gasteiger partial charge in [-0.3, -0.25) is 0 Å². The van der Waals surface area contributed by atoms with Gasteiger partial charge in [-0.1, -0.05) is 0 Å². The van der Waals surface area contributed by atoms with Gasteiger partial charge < -0.3 is 4.55 Å². The van der Waals surface area contributed by atoms with E-state index in [0.29, 0.717) is 0 Å². The molecule has 0 bridgehead atoms. The molecule has 0 aliphatic heterocycles. The molecular weight excluding hydrogens is 406 g/mol. The van der Waals surface area contributed by atoms with Gasteiger partial charge in [-0.05, 0) is 0 Å². The summed E-state index contributed by atoms with van der Waals surface area (Å²) < 4.78 is 189. The number of halogens is 13. The maximum absolute atomic E-state index is 12.7. The van der Waals surface area contributed by atoms with Crippen molar-refractivity contribution >= 4 is 10.1 Å². The summed E-state index contributed by atoms with van der Waals surface area (Å²) in [7, 11) is -7.86. The van der Waals surface area contributed by atoms with E-state index in [4.69, 9.17) is 0 Å². The molecule has 0 heterocycles. The summed E-state index contributed by atoms with van der Waals surface area (Å²) in [6.07, 6.45) is -7.61. The van der Waals surface area contributed by atoms with Crippen LogP contribution in [-0.4, -0.2) is 48.1 Å². The zero-order valence-corrected chi connectivity index (χ0v) is 11.4. The van der Waals surface area contributed by atoms with Gasteiger partial charge in [0.05, 0.1) is 0 Å². The van der Waals surface area contributed by atoms with Crippen LogP contribution in [0, 0.1) is 0 Å². The average Bonchev–Trinajstić information content (AvgIpc) is 2.24. The predicted octanol–water partition coefficient (Wildman–Crippen LogP) is 0.232. The molecule has 18 heteroatoms. The first-order valence-corrected chi connectivity index (χ1v) is 5.82. The molecule has 0 unspecified atom stereocenters. The number of hydrogen-bond donors (Lipinski definition) is 0. The van der Waals surface area contributed by atoms with Crippen LogP contribution in [0.2, 0.25) is 0 Å². The van der Waals surface area contributed by atoms with Crippen molar-refractivity contribution in [2.75, 3.05) is 0 Å². The van der Waals surface area contributed by atoms with Crippen LogP contribution in [0.25, 0.3) is 0 Å². The fourth-order valence-electron chi connectivity index (χ4n) is 0.912. The summed E-state index contributed by atoms with van der Waals surface area (Å²) >= 11 is 0. The van der Waals surface area contributed by atoms with Gasteiger partial charge >= 0.3 is 54.0 Å². The van der Waals surface area contributed by atoms with Crippen molar-refractivity contribution in [3.63, 3.8) is 0 Å². The van der Waals surface area contributed by atoms with Crippen molar-refractivity contribution in [3.8, 4) is 0 Å². The Labute approximate surface area is 135 Å². The second-order valence-corrected chi connectivity index (χ2v) is 5.19. The molecule has 0 aromatic carbocycles. The van der Waals surface area contributed by atoms with Crippen LogP contribution in [0.4, 0.5) is 57.1 Å². The molecule has 0 saturated carbocycles. The van der Waals surface area contributed by atoms with Gasteiger partial charge in [-0.15, -0.1) is 0 Å². The molecule has 0 spiro atoms. The fraction of sp³-hybridized carbons (Fsp3) is 1.00. The van der Waals surface area contributed by atoms with E-state index in [1.54, 1.807) is 0 Å². The van der Waals surface area contributed by atoms with E-state index in [2.05, 4.69) is 0 Å². The largest absolute Gasteiger partial charge is 1.00 e. The van der Waals surface area contributed by atoms with Gasteiger partial charge in [0, 0.05) is 0 Å². The molecule has 0 atom stereocenters. The molecule has 0 aromatic rings. The third-order valence-electron chi connectivity index (χ3n) is 2.22. The van der Waals surface area contributed by atoms with Crippen LogP contribution in [-0.2, 0) is 10.1 Å². The van der Waals surface area contributed by atoms with E-state index in [1.165, 1.54) is 0 Å². The summed E-state index contributed by atoms with van der Waals surface area (Å²) in [6, 6.07) is 0. The first kappa shape index (κ1) is 25.8. The summed E-state index contributed by atoms with van der Waals surface area (Å²) in [5, 5.41) is -7.63. The van der Waals surface area contributed by atoms with Crippen LogP contribution in [0.5, 0.6) is 0 Å². The second kappa shape index (κ2) is 6.09. The minimum absolute atomic E-state index is 0. The van der Waals surface area contributed by atoms with Gasteiger partial charge in [-0.25, -0.2) is 8.42 Å². The first-order chi connectivity index (χ1) is 9.50. The Morgan fingerprint density at radius 2 is 0.792 bits per heavy atom. The van der Waals surface area contributed by atoms with Crippen molar-refractivity contribution in [1.82, 2.24) is 0 Å². The standard InChI is InChI=1S/C6HF13O3S.Li/c7-1(8,3(11,12)5(15,16)17)2(9,10)4(13,14)6(18,19)23(20,21)22;/h(H,20,21,22);/q;+1/p-1. The van der Waals surface area contributed by atoms with E-state index in [0.717, 1.165) is 0 Å². The molecule has 0 fully saturated rings. The predicted molar refractivity (Wildman–Crippen MR) is 40.5 cm³/mol. The summed E-state index contributed by atoms with van der Waals surface area (Å²) in [5.41, 5.74) is 0. The van der Waals surface area contributed by atoms with E-state index >= 15 is 0 Å². The molecule has 0 rings (SSSR count). The quantitative estimate of drug-likeness (QED) is 0.374. The molecule has 24 heavy (non-hydrogen) atoms. The van der Waals surface area contributed by atoms with E-state index in [-0.39, 0.29) is 18.9 Å². The number of rotatable bonds is 5. The van der Waals surface area contributed by atoms with Crippen LogP contribution in [0.15, 0.2) is 0 Å². The fourth-order valence-corrected chi connectivity index (χ4v) is 1.35. The first-order valence-electron chi connectivity index (χ1n) is 4.41. The molecule has 0 aromatic heterocycles. The number of hydrogen-bond acceptors (Lipinski definition) is 3. The molecule has 0 saturated heterocycles. The van der Waals surface area contributed by atoms with E-state index < -0.39 is 45.2 Å². The number of alkyl halides is 13. The van der Waals surface area contributed by atoms with Crippen molar-refractivity contribution in [3.05, 3.63) is 0 Å².